The third-order valence-corrected chi connectivity index (χ3v) is 3.05. The Labute approximate surface area is 67.1 Å². The minimum Gasteiger partial charge on any atom is -0.330 e. The van der Waals surface area contributed by atoms with E-state index in [1.165, 1.54) is 25.0 Å². The Morgan fingerprint density at radius 2 is 2.10 bits per heavy atom. The van der Waals surface area contributed by atoms with Crippen LogP contribution in [0.1, 0.15) is 19.3 Å². The summed E-state index contributed by atoms with van der Waals surface area (Å²) in [4.78, 5) is 0. The van der Waals surface area contributed by atoms with Crippen LogP contribution in [-0.2, 0) is 0 Å². The van der Waals surface area contributed by atoms with Crippen LogP contribution in [0.4, 0.5) is 0 Å². The van der Waals surface area contributed by atoms with E-state index in [4.69, 9.17) is 5.73 Å². The second-order valence-electron chi connectivity index (χ2n) is 2.58. The number of nitrogens with two attached hydrogens (primary N) is 1. The van der Waals surface area contributed by atoms with Crippen LogP contribution in [0, 0.1) is 0 Å². The zero-order valence-corrected chi connectivity index (χ0v) is 7.07. The van der Waals surface area contributed by atoms with Crippen molar-refractivity contribution in [1.29, 1.82) is 0 Å². The van der Waals surface area contributed by atoms with Crippen molar-refractivity contribution < 1.29 is 0 Å². The van der Waals surface area contributed by atoms with Crippen molar-refractivity contribution in [1.82, 2.24) is 0 Å². The molecule has 1 aliphatic carbocycles. The standard InChI is InChI=1S/C8H15NS/c9-6-3-7-10-8-4-1-2-5-8/h1-2,8H,3-7,9H2. The van der Waals surface area contributed by atoms with Crippen molar-refractivity contribution >= 4 is 11.8 Å². The Morgan fingerprint density at radius 1 is 1.40 bits per heavy atom. The second-order valence-corrected chi connectivity index (χ2v) is 3.99. The van der Waals surface area contributed by atoms with Gasteiger partial charge in [0.1, 0.15) is 0 Å². The van der Waals surface area contributed by atoms with Gasteiger partial charge in [0.05, 0.1) is 0 Å². The number of rotatable bonds is 4. The van der Waals surface area contributed by atoms with Crippen LogP contribution >= 0.6 is 11.8 Å². The molecule has 2 heteroatoms. The van der Waals surface area contributed by atoms with E-state index in [0.29, 0.717) is 0 Å². The van der Waals surface area contributed by atoms with Gasteiger partial charge in [-0.05, 0) is 31.6 Å². The summed E-state index contributed by atoms with van der Waals surface area (Å²) in [6.07, 6.45) is 8.27. The number of hydrogen-bond donors (Lipinski definition) is 1. The Morgan fingerprint density at radius 3 is 2.70 bits per heavy atom. The molecule has 58 valence electrons. The van der Waals surface area contributed by atoms with E-state index in [2.05, 4.69) is 23.9 Å². The maximum atomic E-state index is 5.38. The van der Waals surface area contributed by atoms with Gasteiger partial charge in [0, 0.05) is 5.25 Å². The first-order valence-corrected chi connectivity index (χ1v) is 4.95. The van der Waals surface area contributed by atoms with E-state index in [0.717, 1.165) is 11.8 Å². The monoisotopic (exact) mass is 157 g/mol. The summed E-state index contributed by atoms with van der Waals surface area (Å²) in [6, 6.07) is 0. The molecule has 0 aliphatic heterocycles. The van der Waals surface area contributed by atoms with E-state index in [1.807, 2.05) is 0 Å². The summed E-state index contributed by atoms with van der Waals surface area (Å²) in [7, 11) is 0. The van der Waals surface area contributed by atoms with Gasteiger partial charge in [0.25, 0.3) is 0 Å². The molecular formula is C8H15NS. The molecule has 10 heavy (non-hydrogen) atoms. The molecule has 1 rings (SSSR count). The summed E-state index contributed by atoms with van der Waals surface area (Å²) < 4.78 is 0. The molecule has 0 bridgehead atoms. The summed E-state index contributed by atoms with van der Waals surface area (Å²) in [5, 5.41) is 0.867. The fourth-order valence-electron chi connectivity index (χ4n) is 1.06. The maximum Gasteiger partial charge on any atom is 0.0116 e. The highest BCUT2D eigenvalue weighted by Crippen LogP contribution is 2.24. The molecule has 0 aromatic rings. The molecule has 0 spiro atoms. The fourth-order valence-corrected chi connectivity index (χ4v) is 2.22. The Hall–Kier alpha value is 0.0500. The third kappa shape index (κ3) is 2.76. The van der Waals surface area contributed by atoms with Crippen LogP contribution in [0.2, 0.25) is 0 Å². The molecule has 0 amide bonds. The van der Waals surface area contributed by atoms with Crippen molar-refractivity contribution in [3.05, 3.63) is 12.2 Å². The molecule has 0 aromatic carbocycles. The third-order valence-electron chi connectivity index (χ3n) is 1.67. The zero-order chi connectivity index (χ0) is 7.23. The highest BCUT2D eigenvalue weighted by atomic mass is 32.2. The van der Waals surface area contributed by atoms with Gasteiger partial charge in [0.15, 0.2) is 0 Å². The molecule has 0 atom stereocenters. The molecule has 0 unspecified atom stereocenters. The molecule has 1 nitrogen and oxygen atoms in total. The lowest BCUT2D eigenvalue weighted by Gasteiger charge is -2.06. The van der Waals surface area contributed by atoms with Crippen LogP contribution < -0.4 is 5.73 Å². The lowest BCUT2D eigenvalue weighted by atomic mass is 10.3. The summed E-state index contributed by atoms with van der Waals surface area (Å²) in [5.74, 6) is 1.24. The van der Waals surface area contributed by atoms with Gasteiger partial charge in [-0.1, -0.05) is 12.2 Å². The fraction of sp³-hybridized carbons (Fsp3) is 0.750. The molecule has 1 aliphatic rings. The van der Waals surface area contributed by atoms with E-state index < -0.39 is 0 Å². The lowest BCUT2D eigenvalue weighted by Crippen LogP contribution is -2.02. The first-order valence-electron chi connectivity index (χ1n) is 3.90. The van der Waals surface area contributed by atoms with Crippen LogP contribution in [-0.4, -0.2) is 17.5 Å². The van der Waals surface area contributed by atoms with Gasteiger partial charge in [0.2, 0.25) is 0 Å². The van der Waals surface area contributed by atoms with Crippen molar-refractivity contribution in [2.75, 3.05) is 12.3 Å². The second kappa shape index (κ2) is 4.80. The molecule has 0 heterocycles. The Bertz CT molecular complexity index is 104. The average molecular weight is 157 g/mol. The van der Waals surface area contributed by atoms with Gasteiger partial charge >= 0.3 is 0 Å². The molecular weight excluding hydrogens is 142 g/mol. The molecule has 2 N–H and O–H groups in total. The molecule has 0 fully saturated rings. The van der Waals surface area contributed by atoms with Gasteiger partial charge in [-0.3, -0.25) is 0 Å². The quantitative estimate of drug-likeness (QED) is 0.497. The SMILES string of the molecule is NCCCSC1CC=CC1. The maximum absolute atomic E-state index is 5.38. The minimum atomic E-state index is 0.840. The number of allylic oxidation sites excluding steroid dienone is 2. The van der Waals surface area contributed by atoms with E-state index in [9.17, 15) is 0 Å². The van der Waals surface area contributed by atoms with Gasteiger partial charge in [-0.15, -0.1) is 0 Å². The topological polar surface area (TPSA) is 26.0 Å². The highest BCUT2D eigenvalue weighted by molar-refractivity contribution is 7.99. The average Bonchev–Trinajstić information content (AvgIpc) is 2.41. The summed E-state index contributed by atoms with van der Waals surface area (Å²) >= 11 is 2.07. The number of thioether (sulfide) groups is 1. The largest absolute Gasteiger partial charge is 0.330 e. The van der Waals surface area contributed by atoms with Crippen molar-refractivity contribution in [2.45, 2.75) is 24.5 Å². The highest BCUT2D eigenvalue weighted by Gasteiger charge is 2.08. The lowest BCUT2D eigenvalue weighted by molar-refractivity contribution is 0.916. The van der Waals surface area contributed by atoms with Crippen molar-refractivity contribution in [2.24, 2.45) is 5.73 Å². The summed E-state index contributed by atoms with van der Waals surface area (Å²) in [5.41, 5.74) is 5.38. The van der Waals surface area contributed by atoms with Gasteiger partial charge in [-0.25, -0.2) is 0 Å². The molecule has 0 aromatic heterocycles. The molecule has 0 radical (unpaired) electrons. The molecule has 0 saturated heterocycles. The van der Waals surface area contributed by atoms with Crippen LogP contribution in [0.15, 0.2) is 12.2 Å². The summed E-state index contributed by atoms with van der Waals surface area (Å²) in [6.45, 7) is 0.840. The van der Waals surface area contributed by atoms with Crippen molar-refractivity contribution in [3.63, 3.8) is 0 Å². The Kier molecular flexibility index (Phi) is 3.91. The smallest absolute Gasteiger partial charge is 0.0116 e. The van der Waals surface area contributed by atoms with Crippen molar-refractivity contribution in [3.8, 4) is 0 Å². The first kappa shape index (κ1) is 8.15. The van der Waals surface area contributed by atoms with Crippen LogP contribution in [0.3, 0.4) is 0 Å². The predicted octanol–water partition coefficient (Wildman–Crippen LogP) is 1.79. The van der Waals surface area contributed by atoms with Gasteiger partial charge < -0.3 is 5.73 Å². The number of hydrogen-bond acceptors (Lipinski definition) is 2. The zero-order valence-electron chi connectivity index (χ0n) is 6.25. The molecule has 0 saturated carbocycles. The minimum absolute atomic E-state index is 0.840. The normalized spacial score (nSPS) is 18.5. The van der Waals surface area contributed by atoms with E-state index >= 15 is 0 Å². The van der Waals surface area contributed by atoms with Crippen LogP contribution in [0.25, 0.3) is 0 Å². The van der Waals surface area contributed by atoms with E-state index in [1.54, 1.807) is 0 Å². The van der Waals surface area contributed by atoms with Crippen LogP contribution in [0.5, 0.6) is 0 Å². The van der Waals surface area contributed by atoms with Gasteiger partial charge in [-0.2, -0.15) is 11.8 Å². The first-order chi connectivity index (χ1) is 4.93. The predicted molar refractivity (Wildman–Crippen MR) is 48.3 cm³/mol. The van der Waals surface area contributed by atoms with E-state index in [-0.39, 0.29) is 0 Å². The Balaban J connectivity index is 1.93.